The fraction of sp³-hybridized carbons (Fsp3) is 0.429. The van der Waals surface area contributed by atoms with Crippen molar-refractivity contribution < 1.29 is 4.79 Å². The van der Waals surface area contributed by atoms with E-state index in [2.05, 4.69) is 20.3 Å². The van der Waals surface area contributed by atoms with Gasteiger partial charge in [0.25, 0.3) is 0 Å². The van der Waals surface area contributed by atoms with Crippen molar-refractivity contribution in [2.75, 3.05) is 30.3 Å². The first-order chi connectivity index (χ1) is 6.77. The van der Waals surface area contributed by atoms with E-state index in [1.165, 1.54) is 11.2 Å². The average Bonchev–Trinajstić information content (AvgIpc) is 2.18. The fourth-order valence-corrected chi connectivity index (χ4v) is 1.25. The van der Waals surface area contributed by atoms with Gasteiger partial charge < -0.3 is 11.1 Å². The number of carbonyl (C=O) groups excluding carboxylic acids is 1. The molecule has 0 aliphatic carbocycles. The molecule has 14 heavy (non-hydrogen) atoms. The highest BCUT2D eigenvalue weighted by atomic mass is 16.2. The summed E-state index contributed by atoms with van der Waals surface area (Å²) in [4.78, 5) is 24.4. The van der Waals surface area contributed by atoms with E-state index in [0.717, 1.165) is 6.54 Å². The van der Waals surface area contributed by atoms with Crippen LogP contribution >= 0.6 is 0 Å². The van der Waals surface area contributed by atoms with Crippen LogP contribution in [0.25, 0.3) is 0 Å². The molecule has 2 rings (SSSR count). The number of nitrogens with zero attached hydrogens (tertiary/aromatic N) is 4. The molecule has 1 aliphatic heterocycles. The minimum Gasteiger partial charge on any atom is -0.368 e. The third-order valence-corrected chi connectivity index (χ3v) is 1.91. The normalized spacial score (nSPS) is 17.1. The summed E-state index contributed by atoms with van der Waals surface area (Å²) in [6, 6.07) is 0. The lowest BCUT2D eigenvalue weighted by Gasteiger charge is -2.24. The number of hydrogen-bond donors (Lipinski definition) is 2. The van der Waals surface area contributed by atoms with Crippen LogP contribution in [0.1, 0.15) is 0 Å². The molecule has 1 aromatic heterocycles. The lowest BCUT2D eigenvalue weighted by molar-refractivity contribution is -0.118. The van der Waals surface area contributed by atoms with Crippen LogP contribution in [-0.2, 0) is 4.79 Å². The third kappa shape index (κ3) is 1.62. The summed E-state index contributed by atoms with van der Waals surface area (Å²) in [5.74, 6) is 0.396. The SMILES string of the molecule is Nc1ncnc(N2CCNCC2=O)n1. The van der Waals surface area contributed by atoms with Gasteiger partial charge in [0.1, 0.15) is 6.33 Å². The van der Waals surface area contributed by atoms with Crippen LogP contribution < -0.4 is 16.0 Å². The van der Waals surface area contributed by atoms with Crippen molar-refractivity contribution >= 4 is 17.8 Å². The molecule has 0 saturated carbocycles. The zero-order valence-corrected chi connectivity index (χ0v) is 7.47. The molecule has 1 aromatic rings. The first-order valence-electron chi connectivity index (χ1n) is 4.23. The molecule has 74 valence electrons. The van der Waals surface area contributed by atoms with Crippen molar-refractivity contribution in [2.24, 2.45) is 0 Å². The minimum absolute atomic E-state index is 0.0538. The van der Waals surface area contributed by atoms with E-state index in [-0.39, 0.29) is 11.9 Å². The minimum atomic E-state index is -0.0538. The van der Waals surface area contributed by atoms with Gasteiger partial charge in [-0.25, -0.2) is 9.97 Å². The number of hydrogen-bond acceptors (Lipinski definition) is 6. The Hall–Kier alpha value is -1.76. The Morgan fingerprint density at radius 2 is 2.36 bits per heavy atom. The number of aromatic nitrogens is 3. The van der Waals surface area contributed by atoms with Gasteiger partial charge in [-0.2, -0.15) is 4.98 Å². The molecule has 1 fully saturated rings. The van der Waals surface area contributed by atoms with Crippen molar-refractivity contribution in [1.82, 2.24) is 20.3 Å². The fourth-order valence-electron chi connectivity index (χ4n) is 1.25. The van der Waals surface area contributed by atoms with Crippen LogP contribution in [0.3, 0.4) is 0 Å². The number of rotatable bonds is 1. The van der Waals surface area contributed by atoms with Gasteiger partial charge in [-0.15, -0.1) is 0 Å². The maximum atomic E-state index is 11.4. The van der Waals surface area contributed by atoms with Crippen LogP contribution in [0.2, 0.25) is 0 Å². The molecule has 1 saturated heterocycles. The van der Waals surface area contributed by atoms with Gasteiger partial charge in [0.15, 0.2) is 0 Å². The summed E-state index contributed by atoms with van der Waals surface area (Å²) in [6.45, 7) is 1.60. The van der Waals surface area contributed by atoms with Crippen molar-refractivity contribution in [3.05, 3.63) is 6.33 Å². The second-order valence-corrected chi connectivity index (χ2v) is 2.87. The third-order valence-electron chi connectivity index (χ3n) is 1.91. The Bertz CT molecular complexity index is 354. The van der Waals surface area contributed by atoms with E-state index < -0.39 is 0 Å². The van der Waals surface area contributed by atoms with E-state index in [4.69, 9.17) is 5.73 Å². The van der Waals surface area contributed by atoms with E-state index in [1.807, 2.05) is 0 Å². The van der Waals surface area contributed by atoms with Crippen LogP contribution in [0, 0.1) is 0 Å². The van der Waals surface area contributed by atoms with Crippen molar-refractivity contribution in [2.45, 2.75) is 0 Å². The molecule has 0 unspecified atom stereocenters. The average molecular weight is 194 g/mol. The smallest absolute Gasteiger partial charge is 0.243 e. The zero-order chi connectivity index (χ0) is 9.97. The number of carbonyl (C=O) groups is 1. The molecule has 7 heteroatoms. The Balaban J connectivity index is 2.24. The molecule has 0 radical (unpaired) electrons. The summed E-state index contributed by atoms with van der Waals surface area (Å²) in [5, 5.41) is 2.96. The first-order valence-corrected chi connectivity index (χ1v) is 4.23. The molecule has 3 N–H and O–H groups in total. The molecule has 0 atom stereocenters. The topological polar surface area (TPSA) is 97.0 Å². The maximum Gasteiger partial charge on any atom is 0.243 e. The van der Waals surface area contributed by atoms with Gasteiger partial charge >= 0.3 is 0 Å². The van der Waals surface area contributed by atoms with Gasteiger partial charge in [-0.05, 0) is 0 Å². The predicted octanol–water partition coefficient (Wildman–Crippen LogP) is -1.61. The van der Waals surface area contributed by atoms with Crippen molar-refractivity contribution in [1.29, 1.82) is 0 Å². The lowest BCUT2D eigenvalue weighted by atomic mass is 10.4. The maximum absolute atomic E-state index is 11.4. The molecule has 1 aliphatic rings. The number of nitrogens with two attached hydrogens (primary N) is 1. The van der Waals surface area contributed by atoms with E-state index in [9.17, 15) is 4.79 Å². The second-order valence-electron chi connectivity index (χ2n) is 2.87. The summed E-state index contributed by atoms with van der Waals surface area (Å²) in [5.41, 5.74) is 5.39. The van der Waals surface area contributed by atoms with E-state index in [0.29, 0.717) is 19.0 Å². The van der Waals surface area contributed by atoms with Gasteiger partial charge in [-0.1, -0.05) is 0 Å². The first kappa shape index (κ1) is 8.82. The Morgan fingerprint density at radius 1 is 1.50 bits per heavy atom. The van der Waals surface area contributed by atoms with Gasteiger partial charge in [0.05, 0.1) is 6.54 Å². The molecular formula is C7H10N6O. The highest BCUT2D eigenvalue weighted by molar-refractivity contribution is 5.93. The van der Waals surface area contributed by atoms with Crippen molar-refractivity contribution in [3.63, 3.8) is 0 Å². The Kier molecular flexibility index (Phi) is 2.23. The van der Waals surface area contributed by atoms with Gasteiger partial charge in [0.2, 0.25) is 17.8 Å². The van der Waals surface area contributed by atoms with Crippen LogP contribution in [0.5, 0.6) is 0 Å². The zero-order valence-electron chi connectivity index (χ0n) is 7.47. The van der Waals surface area contributed by atoms with Gasteiger partial charge in [0, 0.05) is 13.1 Å². The molecule has 0 bridgehead atoms. The lowest BCUT2D eigenvalue weighted by Crippen LogP contribution is -2.48. The highest BCUT2D eigenvalue weighted by Crippen LogP contribution is 2.07. The molecular weight excluding hydrogens is 184 g/mol. The Labute approximate surface area is 80.4 Å². The van der Waals surface area contributed by atoms with Crippen LogP contribution in [-0.4, -0.2) is 40.5 Å². The summed E-state index contributed by atoms with van der Waals surface area (Å²) >= 11 is 0. The number of amides is 1. The largest absolute Gasteiger partial charge is 0.368 e. The summed E-state index contributed by atoms with van der Waals surface area (Å²) in [6.07, 6.45) is 1.30. The van der Waals surface area contributed by atoms with Crippen molar-refractivity contribution in [3.8, 4) is 0 Å². The van der Waals surface area contributed by atoms with Gasteiger partial charge in [-0.3, -0.25) is 9.69 Å². The number of piperazine rings is 1. The van der Waals surface area contributed by atoms with E-state index in [1.54, 1.807) is 0 Å². The summed E-state index contributed by atoms with van der Waals surface area (Å²) in [7, 11) is 0. The molecule has 2 heterocycles. The number of nitrogens with one attached hydrogen (secondary N) is 1. The number of anilines is 2. The monoisotopic (exact) mass is 194 g/mol. The molecule has 0 spiro atoms. The standard InChI is InChI=1S/C7H10N6O/c8-6-10-4-11-7(12-6)13-2-1-9-3-5(13)14/h4,9H,1-3H2,(H2,8,10,11,12). The molecule has 1 amide bonds. The van der Waals surface area contributed by atoms with Crippen LogP contribution in [0.15, 0.2) is 6.33 Å². The quantitative estimate of drug-likeness (QED) is 0.558. The number of nitrogen functional groups attached to an aromatic ring is 1. The Morgan fingerprint density at radius 3 is 3.07 bits per heavy atom. The second kappa shape index (κ2) is 3.54. The van der Waals surface area contributed by atoms with Crippen LogP contribution in [0.4, 0.5) is 11.9 Å². The highest BCUT2D eigenvalue weighted by Gasteiger charge is 2.21. The predicted molar refractivity (Wildman–Crippen MR) is 49.5 cm³/mol. The molecule has 0 aromatic carbocycles. The summed E-state index contributed by atoms with van der Waals surface area (Å²) < 4.78 is 0. The molecule has 7 nitrogen and oxygen atoms in total. The van der Waals surface area contributed by atoms with E-state index >= 15 is 0 Å².